The van der Waals surface area contributed by atoms with E-state index in [-0.39, 0.29) is 24.8 Å². The molecule has 0 fully saturated rings. The molecule has 0 aliphatic carbocycles. The Hall–Kier alpha value is -0.660. The Labute approximate surface area is 91.7 Å². The predicted octanol–water partition coefficient (Wildman–Crippen LogP) is -0.171. The normalized spacial score (nSPS) is 12.7. The van der Waals surface area contributed by atoms with E-state index in [0.29, 0.717) is 0 Å². The molecule has 0 unspecified atom stereocenters. The Balaban J connectivity index is 4.52. The second-order valence-electron chi connectivity index (χ2n) is 3.71. The van der Waals surface area contributed by atoms with Crippen LogP contribution in [-0.4, -0.2) is 49.5 Å². The first-order valence-corrected chi connectivity index (χ1v) is 6.11. The number of nitrogens with two attached hydrogens (primary N) is 1. The molecule has 0 radical (unpaired) electrons. The highest BCUT2D eigenvalue weighted by atomic mass is 32.2. The first-order valence-electron chi connectivity index (χ1n) is 4.71. The third-order valence-corrected chi connectivity index (χ3v) is 4.30. The third kappa shape index (κ3) is 4.15. The minimum Gasteiger partial charge on any atom is -0.388 e. The summed E-state index contributed by atoms with van der Waals surface area (Å²) in [5, 5.41) is 7.03. The summed E-state index contributed by atoms with van der Waals surface area (Å²) in [6, 6.07) is -0.0882. The summed E-state index contributed by atoms with van der Waals surface area (Å²) in [7, 11) is -0.404. The standard InChI is InChI=1S/C8H20N4O2S/c1-7(2)12(4)15(13,14)11(3)6-5-8(9)10/h7H,5-6H2,1-4H3,(H3,9,10). The van der Waals surface area contributed by atoms with Gasteiger partial charge in [0.25, 0.3) is 10.2 Å². The number of hydrogen-bond donors (Lipinski definition) is 2. The Morgan fingerprint density at radius 3 is 2.20 bits per heavy atom. The highest BCUT2D eigenvalue weighted by molar-refractivity contribution is 7.86. The van der Waals surface area contributed by atoms with Gasteiger partial charge in [-0.3, -0.25) is 5.41 Å². The van der Waals surface area contributed by atoms with Crippen molar-refractivity contribution < 1.29 is 8.42 Å². The van der Waals surface area contributed by atoms with E-state index in [0.717, 1.165) is 0 Å². The van der Waals surface area contributed by atoms with Crippen molar-refractivity contribution >= 4 is 16.0 Å². The van der Waals surface area contributed by atoms with Gasteiger partial charge in [-0.05, 0) is 13.8 Å². The van der Waals surface area contributed by atoms with E-state index in [1.165, 1.54) is 22.7 Å². The zero-order valence-electron chi connectivity index (χ0n) is 9.69. The molecule has 0 amide bonds. The second-order valence-corrected chi connectivity index (χ2v) is 5.81. The summed E-state index contributed by atoms with van der Waals surface area (Å²) in [4.78, 5) is 0. The topological polar surface area (TPSA) is 90.5 Å². The number of nitrogens with one attached hydrogen (secondary N) is 1. The average Bonchev–Trinajstić information content (AvgIpc) is 2.12. The van der Waals surface area contributed by atoms with Crippen LogP contribution in [0.5, 0.6) is 0 Å². The number of amidine groups is 1. The predicted molar refractivity (Wildman–Crippen MR) is 61.0 cm³/mol. The molecule has 0 saturated carbocycles. The molecular weight excluding hydrogens is 216 g/mol. The van der Waals surface area contributed by atoms with E-state index in [9.17, 15) is 8.42 Å². The molecule has 0 aliphatic heterocycles. The number of nitrogens with zero attached hydrogens (tertiary/aromatic N) is 2. The molecule has 0 spiro atoms. The molecule has 0 bridgehead atoms. The van der Waals surface area contributed by atoms with Crippen LogP contribution in [-0.2, 0) is 10.2 Å². The summed E-state index contributed by atoms with van der Waals surface area (Å²) >= 11 is 0. The van der Waals surface area contributed by atoms with Gasteiger partial charge in [0, 0.05) is 33.1 Å². The molecule has 0 aliphatic rings. The van der Waals surface area contributed by atoms with Gasteiger partial charge in [0.2, 0.25) is 0 Å². The van der Waals surface area contributed by atoms with Crippen molar-refractivity contribution in [2.75, 3.05) is 20.6 Å². The van der Waals surface area contributed by atoms with Gasteiger partial charge >= 0.3 is 0 Å². The lowest BCUT2D eigenvalue weighted by atomic mass is 10.4. The Morgan fingerprint density at radius 1 is 1.40 bits per heavy atom. The zero-order valence-corrected chi connectivity index (χ0v) is 10.5. The van der Waals surface area contributed by atoms with Crippen LogP contribution in [0.15, 0.2) is 0 Å². The summed E-state index contributed by atoms with van der Waals surface area (Å²) in [5.41, 5.74) is 5.17. The van der Waals surface area contributed by atoms with Crippen LogP contribution in [0.3, 0.4) is 0 Å². The van der Waals surface area contributed by atoms with Gasteiger partial charge in [-0.15, -0.1) is 0 Å². The Kier molecular flexibility index (Phi) is 5.19. The summed E-state index contributed by atoms with van der Waals surface area (Å²) in [6.45, 7) is 3.83. The SMILES string of the molecule is CC(C)N(C)S(=O)(=O)N(C)CCC(=N)N. The van der Waals surface area contributed by atoms with Crippen LogP contribution < -0.4 is 5.73 Å². The first kappa shape index (κ1) is 14.3. The number of rotatable bonds is 6. The minimum atomic E-state index is -3.42. The van der Waals surface area contributed by atoms with E-state index in [2.05, 4.69) is 0 Å². The van der Waals surface area contributed by atoms with Crippen LogP contribution >= 0.6 is 0 Å². The van der Waals surface area contributed by atoms with E-state index in [1.807, 2.05) is 0 Å². The van der Waals surface area contributed by atoms with Crippen molar-refractivity contribution in [1.82, 2.24) is 8.61 Å². The maximum absolute atomic E-state index is 11.8. The van der Waals surface area contributed by atoms with Crippen LogP contribution in [0, 0.1) is 5.41 Å². The molecule has 15 heavy (non-hydrogen) atoms. The molecule has 0 saturated heterocycles. The lowest BCUT2D eigenvalue weighted by Crippen LogP contribution is -2.43. The average molecular weight is 236 g/mol. The molecule has 0 rings (SSSR count). The fourth-order valence-electron chi connectivity index (χ4n) is 0.880. The van der Waals surface area contributed by atoms with E-state index >= 15 is 0 Å². The van der Waals surface area contributed by atoms with E-state index in [1.54, 1.807) is 13.8 Å². The summed E-state index contributed by atoms with van der Waals surface area (Å²) < 4.78 is 26.1. The van der Waals surface area contributed by atoms with Gasteiger partial charge in [-0.2, -0.15) is 17.0 Å². The quantitative estimate of drug-likeness (QED) is 0.495. The van der Waals surface area contributed by atoms with Crippen LogP contribution in [0.4, 0.5) is 0 Å². The highest BCUT2D eigenvalue weighted by Gasteiger charge is 2.25. The fourth-order valence-corrected chi connectivity index (χ4v) is 2.17. The van der Waals surface area contributed by atoms with Gasteiger partial charge in [0.1, 0.15) is 0 Å². The van der Waals surface area contributed by atoms with Gasteiger partial charge in [0.05, 0.1) is 5.84 Å². The summed E-state index contributed by atoms with van der Waals surface area (Å²) in [6.07, 6.45) is 0.252. The zero-order chi connectivity index (χ0) is 12.2. The lowest BCUT2D eigenvalue weighted by Gasteiger charge is -2.26. The van der Waals surface area contributed by atoms with Crippen molar-refractivity contribution in [3.05, 3.63) is 0 Å². The van der Waals surface area contributed by atoms with E-state index < -0.39 is 10.2 Å². The van der Waals surface area contributed by atoms with Crippen molar-refractivity contribution in [1.29, 1.82) is 5.41 Å². The second kappa shape index (κ2) is 5.43. The smallest absolute Gasteiger partial charge is 0.281 e. The van der Waals surface area contributed by atoms with Crippen molar-refractivity contribution in [2.24, 2.45) is 5.73 Å². The highest BCUT2D eigenvalue weighted by Crippen LogP contribution is 2.08. The van der Waals surface area contributed by atoms with Crippen molar-refractivity contribution in [2.45, 2.75) is 26.3 Å². The minimum absolute atomic E-state index is 0.00995. The van der Waals surface area contributed by atoms with Crippen molar-refractivity contribution in [3.8, 4) is 0 Å². The maximum atomic E-state index is 11.8. The van der Waals surface area contributed by atoms with Gasteiger partial charge in [-0.1, -0.05) is 0 Å². The van der Waals surface area contributed by atoms with Gasteiger partial charge in [-0.25, -0.2) is 0 Å². The molecule has 6 nitrogen and oxygen atoms in total. The molecule has 0 aromatic carbocycles. The van der Waals surface area contributed by atoms with Gasteiger partial charge in [0.15, 0.2) is 0 Å². The molecule has 7 heteroatoms. The van der Waals surface area contributed by atoms with Crippen molar-refractivity contribution in [3.63, 3.8) is 0 Å². The van der Waals surface area contributed by atoms with E-state index in [4.69, 9.17) is 11.1 Å². The molecule has 90 valence electrons. The van der Waals surface area contributed by atoms with Crippen LogP contribution in [0.25, 0.3) is 0 Å². The Bertz CT molecular complexity index is 313. The summed E-state index contributed by atoms with van der Waals surface area (Å²) in [5.74, 6) is -0.00995. The maximum Gasteiger partial charge on any atom is 0.281 e. The largest absolute Gasteiger partial charge is 0.388 e. The van der Waals surface area contributed by atoms with Crippen LogP contribution in [0.2, 0.25) is 0 Å². The molecule has 0 aromatic heterocycles. The third-order valence-electron chi connectivity index (χ3n) is 2.18. The van der Waals surface area contributed by atoms with Gasteiger partial charge < -0.3 is 5.73 Å². The molecule has 0 atom stereocenters. The number of hydrogen-bond acceptors (Lipinski definition) is 3. The van der Waals surface area contributed by atoms with Crippen LogP contribution in [0.1, 0.15) is 20.3 Å². The molecule has 0 aromatic rings. The molecule has 0 heterocycles. The monoisotopic (exact) mass is 236 g/mol. The first-order chi connectivity index (χ1) is 6.69. The Morgan fingerprint density at radius 2 is 1.87 bits per heavy atom. The molecular formula is C8H20N4O2S. The fraction of sp³-hybridized carbons (Fsp3) is 0.875. The molecule has 3 N–H and O–H groups in total. The lowest BCUT2D eigenvalue weighted by molar-refractivity contribution is 0.360.